The van der Waals surface area contributed by atoms with Crippen LogP contribution in [0.2, 0.25) is 0 Å². The number of benzene rings is 1. The average molecular weight is 270 g/mol. The standard InChI is InChI=1S/C15H18N4O/c1-9-7-8-13(12-6-4-5-11(9)12)15(20)16-14-10(2)19(3)18-17-14/h7-8H,4-6H2,1-3H3,(H,16,20). The van der Waals surface area contributed by atoms with Crippen LogP contribution in [0.4, 0.5) is 5.82 Å². The normalized spacial score (nSPS) is 13.3. The molecule has 0 atom stereocenters. The van der Waals surface area contributed by atoms with Crippen molar-refractivity contribution in [3.63, 3.8) is 0 Å². The van der Waals surface area contributed by atoms with Crippen molar-refractivity contribution in [2.75, 3.05) is 5.32 Å². The fourth-order valence-electron chi connectivity index (χ4n) is 2.79. The summed E-state index contributed by atoms with van der Waals surface area (Å²) in [5.74, 6) is 0.441. The Hall–Kier alpha value is -2.17. The molecule has 104 valence electrons. The third-order valence-corrected chi connectivity index (χ3v) is 4.10. The van der Waals surface area contributed by atoms with Gasteiger partial charge in [0, 0.05) is 12.6 Å². The summed E-state index contributed by atoms with van der Waals surface area (Å²) in [5.41, 5.74) is 5.44. The maximum atomic E-state index is 12.5. The van der Waals surface area contributed by atoms with E-state index in [1.807, 2.05) is 26.1 Å². The summed E-state index contributed by atoms with van der Waals surface area (Å²) in [6, 6.07) is 3.95. The van der Waals surface area contributed by atoms with Crippen LogP contribution in [0.1, 0.15) is 39.2 Å². The van der Waals surface area contributed by atoms with Crippen molar-refractivity contribution < 1.29 is 4.79 Å². The van der Waals surface area contributed by atoms with Gasteiger partial charge in [0.1, 0.15) is 0 Å². The molecule has 5 nitrogen and oxygen atoms in total. The first-order chi connectivity index (χ1) is 9.58. The summed E-state index contributed by atoms with van der Waals surface area (Å²) in [5, 5.41) is 10.7. The van der Waals surface area contributed by atoms with Crippen molar-refractivity contribution in [1.29, 1.82) is 0 Å². The van der Waals surface area contributed by atoms with E-state index in [2.05, 4.69) is 22.6 Å². The van der Waals surface area contributed by atoms with Gasteiger partial charge in [0.15, 0.2) is 5.82 Å². The first-order valence-electron chi connectivity index (χ1n) is 6.87. The number of hydrogen-bond donors (Lipinski definition) is 1. The molecule has 1 aliphatic carbocycles. The van der Waals surface area contributed by atoms with Gasteiger partial charge in [0.05, 0.1) is 5.69 Å². The van der Waals surface area contributed by atoms with Crippen LogP contribution in [0.25, 0.3) is 0 Å². The zero-order valence-electron chi connectivity index (χ0n) is 12.0. The van der Waals surface area contributed by atoms with E-state index >= 15 is 0 Å². The van der Waals surface area contributed by atoms with Crippen LogP contribution in [-0.2, 0) is 19.9 Å². The summed E-state index contributed by atoms with van der Waals surface area (Å²) in [6.07, 6.45) is 3.19. The molecule has 0 saturated heterocycles. The van der Waals surface area contributed by atoms with Gasteiger partial charge >= 0.3 is 0 Å². The molecular weight excluding hydrogens is 252 g/mol. The van der Waals surface area contributed by atoms with E-state index in [1.54, 1.807) is 4.68 Å². The Morgan fingerprint density at radius 3 is 2.70 bits per heavy atom. The zero-order valence-corrected chi connectivity index (χ0v) is 12.0. The fraction of sp³-hybridized carbons (Fsp3) is 0.400. The first-order valence-corrected chi connectivity index (χ1v) is 6.87. The Balaban J connectivity index is 1.92. The quantitative estimate of drug-likeness (QED) is 0.909. The number of anilines is 1. The second-order valence-electron chi connectivity index (χ2n) is 5.34. The molecular formula is C15H18N4O. The van der Waals surface area contributed by atoms with Gasteiger partial charge in [-0.1, -0.05) is 11.3 Å². The lowest BCUT2D eigenvalue weighted by Gasteiger charge is -2.10. The highest BCUT2D eigenvalue weighted by Crippen LogP contribution is 2.28. The largest absolute Gasteiger partial charge is 0.303 e. The minimum atomic E-state index is -0.0910. The molecule has 3 rings (SSSR count). The molecule has 0 bridgehead atoms. The summed E-state index contributed by atoms with van der Waals surface area (Å²) >= 11 is 0. The van der Waals surface area contributed by atoms with E-state index in [4.69, 9.17) is 0 Å². The zero-order chi connectivity index (χ0) is 14.3. The summed E-state index contributed by atoms with van der Waals surface area (Å²) < 4.78 is 1.65. The van der Waals surface area contributed by atoms with Crippen molar-refractivity contribution in [2.24, 2.45) is 7.05 Å². The smallest absolute Gasteiger partial charge is 0.257 e. The average Bonchev–Trinajstić information content (AvgIpc) is 3.02. The molecule has 1 N–H and O–H groups in total. The molecule has 0 unspecified atom stereocenters. The van der Waals surface area contributed by atoms with Crippen LogP contribution in [0.5, 0.6) is 0 Å². The number of hydrogen-bond acceptors (Lipinski definition) is 3. The topological polar surface area (TPSA) is 59.8 Å². The molecule has 0 aliphatic heterocycles. The molecule has 1 amide bonds. The highest BCUT2D eigenvalue weighted by molar-refractivity contribution is 6.05. The highest BCUT2D eigenvalue weighted by atomic mass is 16.1. The van der Waals surface area contributed by atoms with Gasteiger partial charge in [0.2, 0.25) is 0 Å². The molecule has 0 radical (unpaired) electrons. The lowest BCUT2D eigenvalue weighted by Crippen LogP contribution is -2.15. The Kier molecular flexibility index (Phi) is 3.04. The van der Waals surface area contributed by atoms with E-state index in [9.17, 15) is 4.79 Å². The maximum absolute atomic E-state index is 12.5. The van der Waals surface area contributed by atoms with Crippen LogP contribution in [-0.4, -0.2) is 20.9 Å². The summed E-state index contributed by atoms with van der Waals surface area (Å²) in [6.45, 7) is 3.99. The van der Waals surface area contributed by atoms with E-state index < -0.39 is 0 Å². The molecule has 5 heteroatoms. The molecule has 0 fully saturated rings. The second kappa shape index (κ2) is 4.74. The van der Waals surface area contributed by atoms with Gasteiger partial charge in [0.25, 0.3) is 5.91 Å². The Morgan fingerprint density at radius 1 is 1.25 bits per heavy atom. The molecule has 1 aliphatic rings. The summed E-state index contributed by atoms with van der Waals surface area (Å²) in [4.78, 5) is 12.5. The van der Waals surface area contributed by atoms with Gasteiger partial charge in [-0.15, -0.1) is 5.10 Å². The number of amides is 1. The molecule has 20 heavy (non-hydrogen) atoms. The Morgan fingerprint density at radius 2 is 2.00 bits per heavy atom. The maximum Gasteiger partial charge on any atom is 0.257 e. The minimum Gasteiger partial charge on any atom is -0.303 e. The van der Waals surface area contributed by atoms with Crippen LogP contribution in [0.15, 0.2) is 12.1 Å². The molecule has 1 aromatic carbocycles. The van der Waals surface area contributed by atoms with Crippen LogP contribution < -0.4 is 5.32 Å². The van der Waals surface area contributed by atoms with Gasteiger partial charge in [-0.05, 0) is 55.9 Å². The van der Waals surface area contributed by atoms with E-state index in [0.717, 1.165) is 30.5 Å². The third kappa shape index (κ3) is 1.99. The predicted molar refractivity (Wildman–Crippen MR) is 76.9 cm³/mol. The SMILES string of the molecule is Cc1ccc(C(=O)Nc2nnn(C)c2C)c2c1CCC2. The van der Waals surface area contributed by atoms with Crippen molar-refractivity contribution in [3.8, 4) is 0 Å². The van der Waals surface area contributed by atoms with Gasteiger partial charge in [-0.25, -0.2) is 0 Å². The predicted octanol–water partition coefficient (Wildman–Crippen LogP) is 2.17. The van der Waals surface area contributed by atoms with E-state index in [1.165, 1.54) is 16.7 Å². The number of aryl methyl sites for hydroxylation is 2. The monoisotopic (exact) mass is 270 g/mol. The fourth-order valence-corrected chi connectivity index (χ4v) is 2.79. The van der Waals surface area contributed by atoms with Crippen LogP contribution >= 0.6 is 0 Å². The number of carbonyl (C=O) groups is 1. The van der Waals surface area contributed by atoms with E-state index in [-0.39, 0.29) is 5.91 Å². The highest BCUT2D eigenvalue weighted by Gasteiger charge is 2.21. The second-order valence-corrected chi connectivity index (χ2v) is 5.34. The van der Waals surface area contributed by atoms with Crippen LogP contribution in [0, 0.1) is 13.8 Å². The van der Waals surface area contributed by atoms with Crippen molar-refractivity contribution in [3.05, 3.63) is 40.1 Å². The van der Waals surface area contributed by atoms with E-state index in [0.29, 0.717) is 5.82 Å². The van der Waals surface area contributed by atoms with Gasteiger partial charge in [-0.2, -0.15) is 0 Å². The Labute approximate surface area is 118 Å². The molecule has 0 saturated carbocycles. The van der Waals surface area contributed by atoms with Crippen molar-refractivity contribution in [2.45, 2.75) is 33.1 Å². The Bertz CT molecular complexity index is 687. The third-order valence-electron chi connectivity index (χ3n) is 4.10. The molecule has 1 aromatic heterocycles. The minimum absolute atomic E-state index is 0.0910. The number of aromatic nitrogens is 3. The number of nitrogens with zero attached hydrogens (tertiary/aromatic N) is 3. The number of nitrogens with one attached hydrogen (secondary N) is 1. The number of fused-ring (bicyclic) bond motifs is 1. The number of carbonyl (C=O) groups excluding carboxylic acids is 1. The van der Waals surface area contributed by atoms with Crippen molar-refractivity contribution >= 4 is 11.7 Å². The summed E-state index contributed by atoms with van der Waals surface area (Å²) in [7, 11) is 1.81. The first kappa shape index (κ1) is 12.8. The number of rotatable bonds is 2. The van der Waals surface area contributed by atoms with Crippen molar-refractivity contribution in [1.82, 2.24) is 15.0 Å². The molecule has 1 heterocycles. The van der Waals surface area contributed by atoms with Gasteiger partial charge < -0.3 is 5.32 Å². The van der Waals surface area contributed by atoms with Crippen LogP contribution in [0.3, 0.4) is 0 Å². The van der Waals surface area contributed by atoms with Gasteiger partial charge in [-0.3, -0.25) is 9.48 Å². The lowest BCUT2D eigenvalue weighted by atomic mass is 9.98. The molecule has 2 aromatic rings. The molecule has 0 spiro atoms. The lowest BCUT2D eigenvalue weighted by molar-refractivity contribution is 0.102.